The number of hydrogen-bond acceptors (Lipinski definition) is 8. The number of carbonyl (C=O) groups is 2. The number of hydrogen-bond donors (Lipinski definition) is 0. The topological polar surface area (TPSA) is 103 Å². The molecule has 3 heterocycles. The van der Waals surface area contributed by atoms with Crippen LogP contribution in [0.2, 0.25) is 0 Å². The summed E-state index contributed by atoms with van der Waals surface area (Å²) in [6.07, 6.45) is 4.39. The Morgan fingerprint density at radius 2 is 1.38 bits per heavy atom. The summed E-state index contributed by atoms with van der Waals surface area (Å²) in [5.41, 5.74) is -1.08. The Labute approximate surface area is 201 Å². The Morgan fingerprint density at radius 1 is 0.882 bits per heavy atom. The van der Waals surface area contributed by atoms with Crippen LogP contribution in [0.3, 0.4) is 0 Å². The molecule has 1 aromatic rings. The third-order valence-electron chi connectivity index (χ3n) is 5.45. The van der Waals surface area contributed by atoms with Crippen molar-refractivity contribution in [2.24, 2.45) is 0 Å². The Balaban J connectivity index is 1.51. The summed E-state index contributed by atoms with van der Waals surface area (Å²) in [5.74, 6) is 0.372. The van der Waals surface area contributed by atoms with Crippen LogP contribution in [0.4, 0.5) is 9.59 Å². The molecule has 2 fully saturated rings. The van der Waals surface area contributed by atoms with Gasteiger partial charge in [-0.3, -0.25) is 0 Å². The van der Waals surface area contributed by atoms with Crippen LogP contribution >= 0.6 is 0 Å². The monoisotopic (exact) mass is 478 g/mol. The van der Waals surface area contributed by atoms with E-state index in [1.165, 1.54) is 0 Å². The first-order chi connectivity index (χ1) is 15.9. The van der Waals surface area contributed by atoms with E-state index in [1.54, 1.807) is 22.1 Å². The Kier molecular flexibility index (Phi) is 8.09. The summed E-state index contributed by atoms with van der Waals surface area (Å²) in [5, 5.41) is 0. The first-order valence-electron chi connectivity index (χ1n) is 12.0. The molecule has 0 spiro atoms. The van der Waals surface area contributed by atoms with Crippen LogP contribution in [0.25, 0.3) is 0 Å². The van der Waals surface area contributed by atoms with Crippen molar-refractivity contribution in [3.8, 4) is 11.9 Å². The molecule has 1 aromatic heterocycles. The molecular formula is C24H38N4O6. The zero-order valence-electron chi connectivity index (χ0n) is 21.2. The maximum Gasteiger partial charge on any atom is 0.410 e. The maximum absolute atomic E-state index is 12.5. The van der Waals surface area contributed by atoms with Crippen LogP contribution < -0.4 is 9.47 Å². The van der Waals surface area contributed by atoms with Crippen molar-refractivity contribution in [3.63, 3.8) is 0 Å². The number of rotatable bonds is 6. The largest absolute Gasteiger partial charge is 0.475 e. The van der Waals surface area contributed by atoms with Crippen LogP contribution in [0, 0.1) is 0 Å². The minimum absolute atomic E-state index is 0.0740. The van der Waals surface area contributed by atoms with Crippen LogP contribution in [-0.4, -0.2) is 81.5 Å². The molecule has 0 saturated carbocycles. The first kappa shape index (κ1) is 25.8. The Bertz CT molecular complexity index is 785. The Morgan fingerprint density at radius 3 is 1.88 bits per heavy atom. The maximum atomic E-state index is 12.5. The number of carbonyl (C=O) groups excluding carboxylic acids is 2. The lowest BCUT2D eigenvalue weighted by atomic mass is 10.2. The van der Waals surface area contributed by atoms with Crippen molar-refractivity contribution < 1.29 is 28.5 Å². The predicted molar refractivity (Wildman–Crippen MR) is 125 cm³/mol. The molecule has 10 heteroatoms. The highest BCUT2D eigenvalue weighted by Crippen LogP contribution is 2.23. The zero-order chi connectivity index (χ0) is 24.9. The van der Waals surface area contributed by atoms with E-state index in [2.05, 4.69) is 9.97 Å². The van der Waals surface area contributed by atoms with Gasteiger partial charge in [0.1, 0.15) is 24.4 Å². The molecule has 34 heavy (non-hydrogen) atoms. The molecule has 0 radical (unpaired) electrons. The average molecular weight is 479 g/mol. The molecule has 2 amide bonds. The molecule has 0 N–H and O–H groups in total. The lowest BCUT2D eigenvalue weighted by molar-refractivity contribution is 0.0179. The summed E-state index contributed by atoms with van der Waals surface area (Å²) in [6, 6.07) is 1.67. The summed E-state index contributed by atoms with van der Waals surface area (Å²) in [7, 11) is 0. The second kappa shape index (κ2) is 10.7. The van der Waals surface area contributed by atoms with E-state index in [4.69, 9.17) is 18.9 Å². The second-order valence-electron chi connectivity index (χ2n) is 10.7. The molecule has 2 saturated heterocycles. The van der Waals surface area contributed by atoms with Gasteiger partial charge in [-0.1, -0.05) is 0 Å². The van der Waals surface area contributed by atoms with E-state index in [9.17, 15) is 9.59 Å². The van der Waals surface area contributed by atoms with Gasteiger partial charge in [0.25, 0.3) is 0 Å². The van der Waals surface area contributed by atoms with E-state index < -0.39 is 11.2 Å². The molecule has 190 valence electrons. The molecule has 10 nitrogen and oxygen atoms in total. The molecule has 0 aromatic carbocycles. The van der Waals surface area contributed by atoms with Gasteiger partial charge in [0, 0.05) is 25.4 Å². The molecule has 2 aliphatic rings. The van der Waals surface area contributed by atoms with E-state index in [-0.39, 0.29) is 36.9 Å². The number of nitrogens with zero attached hydrogens (tertiary/aromatic N) is 4. The molecule has 0 aliphatic carbocycles. The van der Waals surface area contributed by atoms with Crippen LogP contribution in [0.5, 0.6) is 11.9 Å². The van der Waals surface area contributed by atoms with Crippen molar-refractivity contribution in [3.05, 3.63) is 12.3 Å². The third-order valence-corrected chi connectivity index (χ3v) is 5.45. The molecular weight excluding hydrogens is 440 g/mol. The summed E-state index contributed by atoms with van der Waals surface area (Å²) >= 11 is 0. The second-order valence-corrected chi connectivity index (χ2v) is 10.7. The standard InChI is InChI=1S/C24H38N4O6/c1-23(2,3)33-21(29)27-13-7-9-17(27)15-31-19-11-12-25-20(26-19)32-16-18-10-8-14-28(18)22(30)34-24(4,5)6/h11-12,17-18H,7-10,13-16H2,1-6H3/t17-,18+/m1/s1. The third kappa shape index (κ3) is 7.63. The molecule has 2 aliphatic heterocycles. The van der Waals surface area contributed by atoms with Crippen LogP contribution in [0.1, 0.15) is 67.2 Å². The summed E-state index contributed by atoms with van der Waals surface area (Å²) in [6.45, 7) is 13.0. The molecule has 0 bridgehead atoms. The SMILES string of the molecule is CC(C)(C)OC(=O)N1CCC[C@@H]1COc1ccnc(OC[C@@H]2CCCN2C(=O)OC(C)(C)C)n1. The minimum atomic E-state index is -0.543. The molecule has 3 rings (SSSR count). The average Bonchev–Trinajstić information content (AvgIpc) is 3.38. The fourth-order valence-corrected chi connectivity index (χ4v) is 3.97. The van der Waals surface area contributed by atoms with Gasteiger partial charge >= 0.3 is 18.2 Å². The zero-order valence-corrected chi connectivity index (χ0v) is 21.2. The number of likely N-dealkylation sites (tertiary alicyclic amines) is 2. The van der Waals surface area contributed by atoms with Gasteiger partial charge in [0.05, 0.1) is 12.1 Å². The van der Waals surface area contributed by atoms with Gasteiger partial charge in [-0.05, 0) is 67.2 Å². The van der Waals surface area contributed by atoms with E-state index in [0.717, 1.165) is 25.7 Å². The summed E-state index contributed by atoms with van der Waals surface area (Å²) in [4.78, 5) is 36.8. The van der Waals surface area contributed by atoms with Crippen LogP contribution in [-0.2, 0) is 9.47 Å². The predicted octanol–water partition coefficient (Wildman–Crippen LogP) is 4.03. The van der Waals surface area contributed by atoms with Gasteiger partial charge in [-0.15, -0.1) is 0 Å². The first-order valence-corrected chi connectivity index (χ1v) is 12.0. The number of aromatic nitrogens is 2. The lowest BCUT2D eigenvalue weighted by Crippen LogP contribution is -2.42. The quantitative estimate of drug-likeness (QED) is 0.604. The van der Waals surface area contributed by atoms with Gasteiger partial charge in [0.2, 0.25) is 5.88 Å². The van der Waals surface area contributed by atoms with Crippen molar-refractivity contribution >= 4 is 12.2 Å². The Hall–Kier alpha value is -2.78. The minimum Gasteiger partial charge on any atom is -0.475 e. The lowest BCUT2D eigenvalue weighted by Gasteiger charge is -2.28. The fraction of sp³-hybridized carbons (Fsp3) is 0.750. The van der Waals surface area contributed by atoms with Crippen molar-refractivity contribution in [1.82, 2.24) is 19.8 Å². The van der Waals surface area contributed by atoms with E-state index in [1.807, 2.05) is 41.5 Å². The van der Waals surface area contributed by atoms with Crippen LogP contribution in [0.15, 0.2) is 12.3 Å². The highest BCUT2D eigenvalue weighted by molar-refractivity contribution is 5.69. The van der Waals surface area contributed by atoms with Crippen molar-refractivity contribution in [2.75, 3.05) is 26.3 Å². The van der Waals surface area contributed by atoms with Gasteiger partial charge in [-0.25, -0.2) is 14.6 Å². The summed E-state index contributed by atoms with van der Waals surface area (Å²) < 4.78 is 22.7. The highest BCUT2D eigenvalue weighted by atomic mass is 16.6. The van der Waals surface area contributed by atoms with Crippen molar-refractivity contribution in [1.29, 1.82) is 0 Å². The normalized spacial score (nSPS) is 20.9. The van der Waals surface area contributed by atoms with E-state index >= 15 is 0 Å². The molecule has 2 atom stereocenters. The van der Waals surface area contributed by atoms with E-state index in [0.29, 0.717) is 25.6 Å². The van der Waals surface area contributed by atoms with Gasteiger partial charge in [0.15, 0.2) is 0 Å². The molecule has 0 unspecified atom stereocenters. The van der Waals surface area contributed by atoms with Gasteiger partial charge < -0.3 is 28.7 Å². The number of amides is 2. The van der Waals surface area contributed by atoms with Crippen molar-refractivity contribution in [2.45, 2.75) is 90.5 Å². The number of ether oxygens (including phenoxy) is 4. The highest BCUT2D eigenvalue weighted by Gasteiger charge is 2.34. The fourth-order valence-electron chi connectivity index (χ4n) is 3.97. The van der Waals surface area contributed by atoms with Gasteiger partial charge in [-0.2, -0.15) is 4.98 Å². The smallest absolute Gasteiger partial charge is 0.410 e.